The summed E-state index contributed by atoms with van der Waals surface area (Å²) in [6.45, 7) is 8.86. The van der Waals surface area contributed by atoms with E-state index < -0.39 is 17.9 Å². The molecular weight excluding hydrogens is 604 g/mol. The van der Waals surface area contributed by atoms with Crippen molar-refractivity contribution in [3.8, 4) is 22.8 Å². The molecule has 3 aromatic rings. The van der Waals surface area contributed by atoms with Crippen molar-refractivity contribution in [3.05, 3.63) is 71.2 Å². The second-order valence-electron chi connectivity index (χ2n) is 13.4. The van der Waals surface area contributed by atoms with Crippen LogP contribution in [0.1, 0.15) is 74.0 Å². The summed E-state index contributed by atoms with van der Waals surface area (Å²) < 4.78 is 41.5. The van der Waals surface area contributed by atoms with Crippen LogP contribution in [0.4, 0.5) is 8.78 Å². The summed E-state index contributed by atoms with van der Waals surface area (Å²) in [6, 6.07) is 13.6. The number of alkyl halides is 1. The Morgan fingerprint density at radius 2 is 1.85 bits per heavy atom. The van der Waals surface area contributed by atoms with Crippen LogP contribution in [0.25, 0.3) is 11.3 Å². The number of nitrogens with zero attached hydrogens (tertiary/aromatic N) is 4. The van der Waals surface area contributed by atoms with Gasteiger partial charge in [0.25, 0.3) is 5.91 Å². The first kappa shape index (κ1) is 33.0. The number of halogens is 2. The van der Waals surface area contributed by atoms with Gasteiger partial charge in [0, 0.05) is 62.4 Å². The molecular formula is C36H43F2N5O4. The second-order valence-corrected chi connectivity index (χ2v) is 13.4. The van der Waals surface area contributed by atoms with Crippen LogP contribution in [0.3, 0.4) is 0 Å². The van der Waals surface area contributed by atoms with E-state index in [0.29, 0.717) is 69.0 Å². The molecule has 3 atom stereocenters. The van der Waals surface area contributed by atoms with Gasteiger partial charge in [0.1, 0.15) is 23.5 Å². The minimum absolute atomic E-state index is 0.00537. The lowest BCUT2D eigenvalue weighted by molar-refractivity contribution is -0.128. The third-order valence-corrected chi connectivity index (χ3v) is 9.40. The molecule has 0 saturated carbocycles. The van der Waals surface area contributed by atoms with Gasteiger partial charge in [0.2, 0.25) is 5.91 Å². The van der Waals surface area contributed by atoms with Crippen LogP contribution in [0, 0.1) is 11.7 Å². The molecule has 3 fully saturated rings. The molecule has 6 rings (SSSR count). The highest BCUT2D eigenvalue weighted by atomic mass is 19.1. The molecule has 1 N–H and O–H groups in total. The summed E-state index contributed by atoms with van der Waals surface area (Å²) in [7, 11) is 0. The van der Waals surface area contributed by atoms with E-state index in [4.69, 9.17) is 9.47 Å². The number of carbonyl (C=O) groups excluding carboxylic acids is 2. The van der Waals surface area contributed by atoms with Crippen LogP contribution >= 0.6 is 0 Å². The number of carbonyl (C=O) groups is 2. The van der Waals surface area contributed by atoms with Gasteiger partial charge in [-0.25, -0.2) is 8.78 Å². The topological polar surface area (TPSA) is 96.9 Å². The Morgan fingerprint density at radius 1 is 1.09 bits per heavy atom. The number of rotatable bonds is 9. The van der Waals surface area contributed by atoms with Gasteiger partial charge in [0.15, 0.2) is 0 Å². The van der Waals surface area contributed by atoms with Gasteiger partial charge in [-0.1, -0.05) is 20.8 Å². The third kappa shape index (κ3) is 7.79. The highest BCUT2D eigenvalue weighted by Gasteiger charge is 2.34. The summed E-state index contributed by atoms with van der Waals surface area (Å²) in [5.41, 5.74) is 2.86. The van der Waals surface area contributed by atoms with E-state index in [0.717, 1.165) is 17.0 Å². The van der Waals surface area contributed by atoms with E-state index in [9.17, 15) is 14.0 Å². The van der Waals surface area contributed by atoms with E-state index in [2.05, 4.69) is 34.3 Å². The molecule has 250 valence electrons. The zero-order valence-corrected chi connectivity index (χ0v) is 27.3. The number of piperidine rings is 1. The molecule has 11 heteroatoms. The number of aromatic nitrogens is 2. The lowest BCUT2D eigenvalue weighted by atomic mass is 9.98. The Hall–Kier alpha value is -3.96. The van der Waals surface area contributed by atoms with Crippen LogP contribution < -0.4 is 10.1 Å². The molecule has 0 aliphatic carbocycles. The molecule has 9 nitrogen and oxygen atoms in total. The minimum atomic E-state index is -1.01. The number of ether oxygens (including phenoxy) is 2. The zero-order chi connectivity index (χ0) is 33.1. The average molecular weight is 648 g/mol. The Kier molecular flexibility index (Phi) is 10.1. The monoisotopic (exact) mass is 647 g/mol. The molecule has 3 saturated heterocycles. The van der Waals surface area contributed by atoms with E-state index >= 15 is 4.39 Å². The number of hydrogen-bond donors (Lipinski definition) is 1. The maximum Gasteiger partial charge on any atom is 0.254 e. The van der Waals surface area contributed by atoms with E-state index in [1.165, 1.54) is 12.1 Å². The Morgan fingerprint density at radius 3 is 2.49 bits per heavy atom. The molecule has 3 unspecified atom stereocenters. The first-order valence-electron chi connectivity index (χ1n) is 16.6. The highest BCUT2D eigenvalue weighted by Crippen LogP contribution is 2.33. The van der Waals surface area contributed by atoms with Crippen LogP contribution in [-0.2, 0) is 16.1 Å². The fraction of sp³-hybridized carbons (Fsp3) is 0.500. The predicted molar refractivity (Wildman–Crippen MR) is 173 cm³/mol. The second kappa shape index (κ2) is 14.4. The number of hydrogen-bond acceptors (Lipinski definition) is 7. The van der Waals surface area contributed by atoms with Crippen molar-refractivity contribution in [1.29, 1.82) is 0 Å². The average Bonchev–Trinajstić information content (AvgIpc) is 3.38. The molecule has 4 heterocycles. The highest BCUT2D eigenvalue weighted by molar-refractivity contribution is 5.95. The van der Waals surface area contributed by atoms with Crippen molar-refractivity contribution in [2.24, 2.45) is 5.92 Å². The first-order chi connectivity index (χ1) is 22.6. The zero-order valence-electron chi connectivity index (χ0n) is 27.3. The van der Waals surface area contributed by atoms with Gasteiger partial charge in [-0.05, 0) is 79.6 Å². The van der Waals surface area contributed by atoms with Gasteiger partial charge in [0.05, 0.1) is 23.6 Å². The smallest absolute Gasteiger partial charge is 0.254 e. The van der Waals surface area contributed by atoms with Crippen LogP contribution in [0.2, 0.25) is 0 Å². The summed E-state index contributed by atoms with van der Waals surface area (Å²) >= 11 is 0. The number of benzene rings is 2. The lowest BCUT2D eigenvalue weighted by Gasteiger charge is -2.40. The summed E-state index contributed by atoms with van der Waals surface area (Å²) in [4.78, 5) is 29.8. The molecule has 0 radical (unpaired) electrons. The largest absolute Gasteiger partial charge is 0.457 e. The fourth-order valence-corrected chi connectivity index (χ4v) is 6.68. The molecule has 0 bridgehead atoms. The molecule has 1 aromatic heterocycles. The maximum absolute atomic E-state index is 15.6. The van der Waals surface area contributed by atoms with E-state index in [1.54, 1.807) is 17.0 Å². The number of nitrogens with one attached hydrogen (secondary N) is 1. The predicted octanol–water partition coefficient (Wildman–Crippen LogP) is 5.89. The normalized spacial score (nSPS) is 22.6. The van der Waals surface area contributed by atoms with Crippen molar-refractivity contribution < 1.29 is 27.8 Å². The Labute approximate surface area is 274 Å². The van der Waals surface area contributed by atoms with Gasteiger partial charge in [-0.3, -0.25) is 14.5 Å². The maximum atomic E-state index is 15.6. The first-order valence-corrected chi connectivity index (χ1v) is 16.6. The lowest BCUT2D eigenvalue weighted by Crippen LogP contribution is -2.53. The molecule has 2 aromatic carbocycles. The number of likely N-dealkylation sites (tertiary alicyclic amines) is 2. The molecule has 2 amide bonds. The van der Waals surface area contributed by atoms with Crippen molar-refractivity contribution in [1.82, 2.24) is 25.3 Å². The molecule has 47 heavy (non-hydrogen) atoms. The van der Waals surface area contributed by atoms with Crippen molar-refractivity contribution >= 4 is 11.8 Å². The van der Waals surface area contributed by atoms with Crippen LogP contribution in [-0.4, -0.2) is 82.9 Å². The van der Waals surface area contributed by atoms with Crippen molar-refractivity contribution in [2.75, 3.05) is 32.8 Å². The summed E-state index contributed by atoms with van der Waals surface area (Å²) in [6.07, 6.45) is 1.38. The Balaban J connectivity index is 1.18. The van der Waals surface area contributed by atoms with E-state index in [1.807, 2.05) is 31.2 Å². The standard InChI is InChI=1S/C36H43F2N5O4/c1-22(2)31-8-9-32(41-40-31)24-4-6-27(7-5-24)47-34-18-28(29(37)17-25(34)20-43-19-23(3)16-35(43)44)36(45)39-26-10-13-42(14-11-26)33-12-15-46-21-30(33)38/h4-9,17-18,22-23,26,30,33H,10-16,19-21H2,1-3H3,(H,39,45). The third-order valence-electron chi connectivity index (χ3n) is 9.40. The fourth-order valence-electron chi connectivity index (χ4n) is 6.68. The van der Waals surface area contributed by atoms with Crippen molar-refractivity contribution in [3.63, 3.8) is 0 Å². The molecule has 0 spiro atoms. The van der Waals surface area contributed by atoms with Gasteiger partial charge >= 0.3 is 0 Å². The number of amides is 2. The SMILES string of the molecule is CC1CC(=O)N(Cc2cc(F)c(C(=O)NC3CCN(C4CCOCC4F)CC3)cc2Oc2ccc(-c3ccc(C(C)C)nn3)cc2)C1. The van der Waals surface area contributed by atoms with E-state index in [-0.39, 0.29) is 48.5 Å². The van der Waals surface area contributed by atoms with Crippen LogP contribution in [0.5, 0.6) is 11.5 Å². The minimum Gasteiger partial charge on any atom is -0.457 e. The molecule has 3 aliphatic rings. The quantitative estimate of drug-likeness (QED) is 0.310. The van der Waals surface area contributed by atoms with Crippen molar-refractivity contribution in [2.45, 2.75) is 77.2 Å². The molecule has 3 aliphatic heterocycles. The summed E-state index contributed by atoms with van der Waals surface area (Å²) in [5.74, 6) is 0.0867. The van der Waals surface area contributed by atoms with Crippen LogP contribution in [0.15, 0.2) is 48.5 Å². The van der Waals surface area contributed by atoms with Gasteiger partial charge in [-0.15, -0.1) is 0 Å². The summed E-state index contributed by atoms with van der Waals surface area (Å²) in [5, 5.41) is 11.6. The Bertz CT molecular complexity index is 1560. The van der Waals surface area contributed by atoms with Gasteiger partial charge < -0.3 is 19.7 Å². The van der Waals surface area contributed by atoms with Gasteiger partial charge in [-0.2, -0.15) is 10.2 Å².